The molecule has 4 aromatic rings. The number of piperazine rings is 1. The molecular formula is C41H52N10O3. The Morgan fingerprint density at radius 3 is 2.26 bits per heavy atom. The van der Waals surface area contributed by atoms with Gasteiger partial charge < -0.3 is 24.6 Å². The van der Waals surface area contributed by atoms with Gasteiger partial charge in [-0.2, -0.15) is 4.98 Å². The van der Waals surface area contributed by atoms with E-state index in [-0.39, 0.29) is 29.7 Å². The van der Waals surface area contributed by atoms with E-state index >= 15 is 0 Å². The fourth-order valence-corrected chi connectivity index (χ4v) is 8.76. The van der Waals surface area contributed by atoms with Crippen LogP contribution in [0.5, 0.6) is 0 Å². The Hall–Kier alpha value is -5.04. The van der Waals surface area contributed by atoms with Crippen LogP contribution in [0, 0.1) is 5.92 Å². The molecule has 8 rings (SSSR count). The normalized spacial score (nSPS) is 20.4. The minimum Gasteiger partial charge on any atom is -0.372 e. The van der Waals surface area contributed by atoms with E-state index in [2.05, 4.69) is 65.2 Å². The summed E-state index contributed by atoms with van der Waals surface area (Å²) in [7, 11) is 3.58. The zero-order valence-electron chi connectivity index (χ0n) is 31.5. The van der Waals surface area contributed by atoms with Gasteiger partial charge in [0.25, 0.3) is 5.91 Å². The first-order chi connectivity index (χ1) is 26.3. The topological polar surface area (TPSA) is 132 Å². The van der Waals surface area contributed by atoms with Gasteiger partial charge in [0.2, 0.25) is 17.8 Å². The van der Waals surface area contributed by atoms with Crippen molar-refractivity contribution in [1.29, 1.82) is 0 Å². The maximum absolute atomic E-state index is 13.1. The minimum absolute atomic E-state index is 0.0148. The third-order valence-corrected chi connectivity index (χ3v) is 12.0. The standard InChI is InChI=1S/C41H52N10O3/c1-47(2)40(54)35-25-30-26-43-41(46-38(30)51(35)32-5-3-4-6-32)44-36-13-11-33(27-42-36)50-23-21-48(22-24-50)18-15-28-16-19-49(20-17-28)31-9-7-29(8-10-31)34-12-14-37(52)45-39(34)53/h7-11,13,25-28,32,34H,3-6,12,14-24H2,1-2H3,(H,45,52,53)(H,42,43,44,46)/t34-/m0/s1. The number of imide groups is 1. The van der Waals surface area contributed by atoms with Crippen LogP contribution in [0.4, 0.5) is 23.1 Å². The Balaban J connectivity index is 0.792. The van der Waals surface area contributed by atoms with Crippen molar-refractivity contribution in [2.24, 2.45) is 5.92 Å². The van der Waals surface area contributed by atoms with Crippen molar-refractivity contribution >= 4 is 51.9 Å². The number of carbonyl (C=O) groups is 3. The lowest BCUT2D eigenvalue weighted by molar-refractivity contribution is -0.134. The molecule has 0 spiro atoms. The van der Waals surface area contributed by atoms with Crippen LogP contribution in [0.15, 0.2) is 54.9 Å². The van der Waals surface area contributed by atoms with Crippen LogP contribution in [0.25, 0.3) is 11.0 Å². The van der Waals surface area contributed by atoms with Crippen LogP contribution < -0.4 is 20.4 Å². The predicted octanol–water partition coefficient (Wildman–Crippen LogP) is 5.34. The second kappa shape index (κ2) is 15.7. The number of fused-ring (bicyclic) bond motifs is 1. The van der Waals surface area contributed by atoms with Crippen molar-refractivity contribution in [3.05, 3.63) is 66.1 Å². The van der Waals surface area contributed by atoms with Gasteiger partial charge in [-0.1, -0.05) is 25.0 Å². The molecule has 6 heterocycles. The number of carbonyl (C=O) groups excluding carboxylic acids is 3. The molecule has 54 heavy (non-hydrogen) atoms. The van der Waals surface area contributed by atoms with Crippen molar-refractivity contribution in [3.63, 3.8) is 0 Å². The monoisotopic (exact) mass is 732 g/mol. The molecular weight excluding hydrogens is 681 g/mol. The van der Waals surface area contributed by atoms with Crippen molar-refractivity contribution < 1.29 is 14.4 Å². The Morgan fingerprint density at radius 1 is 0.852 bits per heavy atom. The zero-order valence-corrected chi connectivity index (χ0v) is 31.5. The number of aromatic nitrogens is 4. The van der Waals surface area contributed by atoms with Gasteiger partial charge in [0.05, 0.1) is 17.8 Å². The van der Waals surface area contributed by atoms with E-state index in [1.54, 1.807) is 25.2 Å². The average molecular weight is 733 g/mol. The smallest absolute Gasteiger partial charge is 0.270 e. The van der Waals surface area contributed by atoms with Gasteiger partial charge in [-0.3, -0.25) is 24.6 Å². The lowest BCUT2D eigenvalue weighted by Gasteiger charge is -2.38. The molecule has 0 unspecified atom stereocenters. The summed E-state index contributed by atoms with van der Waals surface area (Å²) in [5.41, 5.74) is 4.79. The number of anilines is 4. The minimum atomic E-state index is -0.232. The second-order valence-corrected chi connectivity index (χ2v) is 15.7. The van der Waals surface area contributed by atoms with Gasteiger partial charge in [0.1, 0.15) is 17.2 Å². The summed E-state index contributed by atoms with van der Waals surface area (Å²) < 4.78 is 2.13. The van der Waals surface area contributed by atoms with Crippen LogP contribution in [0.3, 0.4) is 0 Å². The number of pyridine rings is 1. The summed E-state index contributed by atoms with van der Waals surface area (Å²) in [6.45, 7) is 7.31. The third-order valence-electron chi connectivity index (χ3n) is 12.0. The van der Waals surface area contributed by atoms with Gasteiger partial charge in [0.15, 0.2) is 0 Å². The maximum Gasteiger partial charge on any atom is 0.270 e. The molecule has 1 aliphatic carbocycles. The second-order valence-electron chi connectivity index (χ2n) is 15.7. The number of benzene rings is 1. The SMILES string of the molecule is CN(C)C(=O)c1cc2cnc(Nc3ccc(N4CCN(CCC5CCN(c6ccc([C@@H]7CCC(=O)NC7=O)cc6)CC5)CC4)cn3)nc2n1C1CCCC1. The molecule has 4 aliphatic rings. The Morgan fingerprint density at radius 2 is 1.57 bits per heavy atom. The molecule has 13 heteroatoms. The van der Waals surface area contributed by atoms with Crippen LogP contribution in [0.2, 0.25) is 0 Å². The van der Waals surface area contributed by atoms with Crippen molar-refractivity contribution in [2.75, 3.05) is 75.0 Å². The van der Waals surface area contributed by atoms with Gasteiger partial charge >= 0.3 is 0 Å². The molecule has 13 nitrogen and oxygen atoms in total. The van der Waals surface area contributed by atoms with E-state index in [0.717, 1.165) is 99.7 Å². The molecule has 0 radical (unpaired) electrons. The number of nitrogens with one attached hydrogen (secondary N) is 2. The number of hydrogen-bond donors (Lipinski definition) is 2. The number of amides is 3. The van der Waals surface area contributed by atoms with E-state index in [1.807, 2.05) is 18.3 Å². The van der Waals surface area contributed by atoms with Gasteiger partial charge in [-0.15, -0.1) is 0 Å². The molecule has 1 aromatic carbocycles. The van der Waals surface area contributed by atoms with E-state index in [9.17, 15) is 14.4 Å². The summed E-state index contributed by atoms with van der Waals surface area (Å²) in [4.78, 5) is 60.1. The highest BCUT2D eigenvalue weighted by molar-refractivity contribution is 6.01. The fraction of sp³-hybridized carbons (Fsp3) is 0.512. The number of hydrogen-bond acceptors (Lipinski definition) is 10. The Bertz CT molecular complexity index is 1960. The molecule has 0 bridgehead atoms. The molecule has 1 saturated carbocycles. The third kappa shape index (κ3) is 7.77. The highest BCUT2D eigenvalue weighted by atomic mass is 16.2. The summed E-state index contributed by atoms with van der Waals surface area (Å²) in [6.07, 6.45) is 12.8. The van der Waals surface area contributed by atoms with Crippen LogP contribution in [-0.4, -0.2) is 107 Å². The number of piperidine rings is 2. The van der Waals surface area contributed by atoms with E-state index in [1.165, 1.54) is 24.9 Å². The van der Waals surface area contributed by atoms with Crippen molar-refractivity contribution in [3.8, 4) is 0 Å². The predicted molar refractivity (Wildman–Crippen MR) is 210 cm³/mol. The zero-order chi connectivity index (χ0) is 37.2. The molecule has 3 saturated heterocycles. The van der Waals surface area contributed by atoms with Crippen LogP contribution >= 0.6 is 0 Å². The number of rotatable bonds is 10. The van der Waals surface area contributed by atoms with Gasteiger partial charge in [0, 0.05) is 83.1 Å². The fourth-order valence-electron chi connectivity index (χ4n) is 8.76. The van der Waals surface area contributed by atoms with Gasteiger partial charge in [-0.05, 0) is 86.9 Å². The molecule has 1 atom stereocenters. The lowest BCUT2D eigenvalue weighted by Crippen LogP contribution is -2.47. The lowest BCUT2D eigenvalue weighted by atomic mass is 9.90. The molecule has 2 N–H and O–H groups in total. The Labute approximate surface area is 317 Å². The number of nitrogens with zero attached hydrogens (tertiary/aromatic N) is 8. The molecule has 3 aliphatic heterocycles. The summed E-state index contributed by atoms with van der Waals surface area (Å²) in [5, 5.41) is 6.64. The quantitative estimate of drug-likeness (QED) is 0.206. The first kappa shape index (κ1) is 36.0. The summed E-state index contributed by atoms with van der Waals surface area (Å²) >= 11 is 0. The molecule has 3 aromatic heterocycles. The molecule has 284 valence electrons. The van der Waals surface area contributed by atoms with E-state index in [0.29, 0.717) is 30.3 Å². The Kier molecular flexibility index (Phi) is 10.5. The summed E-state index contributed by atoms with van der Waals surface area (Å²) in [5.74, 6) is 1.31. The van der Waals surface area contributed by atoms with Crippen molar-refractivity contribution in [2.45, 2.75) is 69.7 Å². The average Bonchev–Trinajstić information content (AvgIpc) is 3.86. The van der Waals surface area contributed by atoms with Crippen molar-refractivity contribution in [1.82, 2.24) is 34.6 Å². The highest BCUT2D eigenvalue weighted by Gasteiger charge is 2.29. The molecule has 3 amide bonds. The highest BCUT2D eigenvalue weighted by Crippen LogP contribution is 2.35. The van der Waals surface area contributed by atoms with Crippen LogP contribution in [-0.2, 0) is 9.59 Å². The summed E-state index contributed by atoms with van der Waals surface area (Å²) in [6, 6.07) is 14.7. The largest absolute Gasteiger partial charge is 0.372 e. The van der Waals surface area contributed by atoms with E-state index < -0.39 is 0 Å². The van der Waals surface area contributed by atoms with Gasteiger partial charge in [-0.25, -0.2) is 9.97 Å². The molecule has 4 fully saturated rings. The van der Waals surface area contributed by atoms with E-state index in [4.69, 9.17) is 9.97 Å². The first-order valence-corrected chi connectivity index (χ1v) is 19.8. The maximum atomic E-state index is 13.1. The van der Waals surface area contributed by atoms with Crippen LogP contribution in [0.1, 0.15) is 85.8 Å². The first-order valence-electron chi connectivity index (χ1n) is 19.8.